The topological polar surface area (TPSA) is 89.5 Å². The molecule has 1 aliphatic heterocycles. The minimum Gasteiger partial charge on any atom is -0.497 e. The number of carbonyl (C=O) groups excluding carboxylic acids is 1. The molecule has 1 fully saturated rings. The molecule has 0 aliphatic carbocycles. The average molecular weight is 496 g/mol. The van der Waals surface area contributed by atoms with Crippen LogP contribution in [0.15, 0.2) is 90.3 Å². The SMILES string of the molecule is COc1ccc(CN2NC(=O)/C(=C(/NCc3ccc(C(F)(F)F)cc3)Nc3ccccc3)C2=N)cc1. The van der Waals surface area contributed by atoms with Crippen molar-refractivity contribution in [3.05, 3.63) is 107 Å². The number of halogens is 3. The first-order valence-electron chi connectivity index (χ1n) is 11.0. The Morgan fingerprint density at radius 3 is 2.22 bits per heavy atom. The van der Waals surface area contributed by atoms with Crippen LogP contribution in [0.5, 0.6) is 5.75 Å². The minimum atomic E-state index is -4.42. The zero-order valence-electron chi connectivity index (χ0n) is 19.3. The Balaban J connectivity index is 1.57. The van der Waals surface area contributed by atoms with E-state index in [0.717, 1.165) is 17.7 Å². The van der Waals surface area contributed by atoms with E-state index in [2.05, 4.69) is 16.1 Å². The fourth-order valence-electron chi connectivity index (χ4n) is 3.60. The number of amidine groups is 1. The molecule has 0 saturated carbocycles. The van der Waals surface area contributed by atoms with Crippen molar-refractivity contribution in [2.45, 2.75) is 19.3 Å². The van der Waals surface area contributed by atoms with Crippen LogP contribution in [0.2, 0.25) is 0 Å². The van der Waals surface area contributed by atoms with Gasteiger partial charge in [0.05, 0.1) is 19.2 Å². The van der Waals surface area contributed by atoms with E-state index in [0.29, 0.717) is 17.0 Å². The van der Waals surface area contributed by atoms with Crippen LogP contribution in [0.1, 0.15) is 16.7 Å². The number of benzene rings is 3. The molecular formula is C26H24F3N5O2. The molecule has 3 aromatic carbocycles. The molecule has 10 heteroatoms. The van der Waals surface area contributed by atoms with Crippen molar-refractivity contribution in [2.24, 2.45) is 0 Å². The highest BCUT2D eigenvalue weighted by atomic mass is 19.4. The summed E-state index contributed by atoms with van der Waals surface area (Å²) >= 11 is 0. The van der Waals surface area contributed by atoms with Gasteiger partial charge in [-0.05, 0) is 47.5 Å². The van der Waals surface area contributed by atoms with E-state index >= 15 is 0 Å². The van der Waals surface area contributed by atoms with Crippen LogP contribution in [0.3, 0.4) is 0 Å². The van der Waals surface area contributed by atoms with Gasteiger partial charge in [-0.25, -0.2) is 0 Å². The van der Waals surface area contributed by atoms with Crippen molar-refractivity contribution >= 4 is 17.4 Å². The number of amides is 1. The van der Waals surface area contributed by atoms with E-state index in [-0.39, 0.29) is 30.3 Å². The summed E-state index contributed by atoms with van der Waals surface area (Å²) in [6, 6.07) is 21.1. The van der Waals surface area contributed by atoms with Gasteiger partial charge in [-0.1, -0.05) is 42.5 Å². The van der Waals surface area contributed by atoms with Crippen molar-refractivity contribution in [1.29, 1.82) is 5.41 Å². The highest BCUT2D eigenvalue weighted by Gasteiger charge is 2.34. The third-order valence-electron chi connectivity index (χ3n) is 5.51. The first-order chi connectivity index (χ1) is 17.2. The maximum atomic E-state index is 12.9. The molecule has 36 heavy (non-hydrogen) atoms. The van der Waals surface area contributed by atoms with Gasteiger partial charge in [0.25, 0.3) is 5.91 Å². The summed E-state index contributed by atoms with van der Waals surface area (Å²) < 4.78 is 43.8. The molecule has 0 radical (unpaired) electrons. The third kappa shape index (κ3) is 5.77. The Labute approximate surface area is 206 Å². The molecule has 1 aliphatic rings. The van der Waals surface area contributed by atoms with Crippen LogP contribution in [0, 0.1) is 5.41 Å². The van der Waals surface area contributed by atoms with Gasteiger partial charge in [-0.3, -0.25) is 20.6 Å². The molecule has 1 heterocycles. The van der Waals surface area contributed by atoms with E-state index in [9.17, 15) is 18.0 Å². The van der Waals surface area contributed by atoms with Crippen LogP contribution in [0.25, 0.3) is 0 Å². The maximum Gasteiger partial charge on any atom is 0.416 e. The molecule has 7 nitrogen and oxygen atoms in total. The molecule has 4 N–H and O–H groups in total. The minimum absolute atomic E-state index is 0.0471. The first kappa shape index (κ1) is 24.6. The lowest BCUT2D eigenvalue weighted by Gasteiger charge is -2.18. The largest absolute Gasteiger partial charge is 0.497 e. The van der Waals surface area contributed by atoms with Crippen LogP contribution < -0.4 is 20.8 Å². The molecular weight excluding hydrogens is 471 g/mol. The van der Waals surface area contributed by atoms with Crippen molar-refractivity contribution in [1.82, 2.24) is 15.8 Å². The number of methoxy groups -OCH3 is 1. The molecule has 4 rings (SSSR count). The zero-order valence-corrected chi connectivity index (χ0v) is 19.3. The molecule has 0 atom stereocenters. The Morgan fingerprint density at radius 1 is 0.972 bits per heavy atom. The van der Waals surface area contributed by atoms with Gasteiger partial charge in [0, 0.05) is 12.2 Å². The average Bonchev–Trinajstić information content (AvgIpc) is 3.15. The summed E-state index contributed by atoms with van der Waals surface area (Å²) in [6.07, 6.45) is -4.42. The number of carbonyl (C=O) groups is 1. The summed E-state index contributed by atoms with van der Waals surface area (Å²) in [6.45, 7) is 0.394. The molecule has 0 unspecified atom stereocenters. The van der Waals surface area contributed by atoms with E-state index in [4.69, 9.17) is 10.1 Å². The smallest absolute Gasteiger partial charge is 0.416 e. The summed E-state index contributed by atoms with van der Waals surface area (Å²) in [5.74, 6) is 0.434. The molecule has 186 valence electrons. The number of para-hydroxylation sites is 1. The van der Waals surface area contributed by atoms with Crippen LogP contribution in [-0.4, -0.2) is 23.9 Å². The summed E-state index contributed by atoms with van der Waals surface area (Å²) in [4.78, 5) is 12.9. The Hall–Kier alpha value is -4.47. The predicted octanol–water partition coefficient (Wildman–Crippen LogP) is 4.65. The summed E-state index contributed by atoms with van der Waals surface area (Å²) in [7, 11) is 1.57. The molecule has 0 aromatic heterocycles. The number of hydrazine groups is 1. The Kier molecular flexibility index (Phi) is 7.14. The highest BCUT2D eigenvalue weighted by Crippen LogP contribution is 2.29. The lowest BCUT2D eigenvalue weighted by molar-refractivity contribution is -0.137. The van der Waals surface area contributed by atoms with Crippen molar-refractivity contribution in [3.8, 4) is 5.75 Å². The van der Waals surface area contributed by atoms with E-state index in [1.807, 2.05) is 30.3 Å². The molecule has 0 spiro atoms. The van der Waals surface area contributed by atoms with Crippen LogP contribution >= 0.6 is 0 Å². The summed E-state index contributed by atoms with van der Waals surface area (Å²) in [5, 5.41) is 16.3. The Bertz CT molecular complexity index is 1260. The number of alkyl halides is 3. The first-order valence-corrected chi connectivity index (χ1v) is 11.0. The van der Waals surface area contributed by atoms with E-state index < -0.39 is 17.6 Å². The quantitative estimate of drug-likeness (QED) is 0.342. The second kappa shape index (κ2) is 10.4. The fraction of sp³-hybridized carbons (Fsp3) is 0.154. The van der Waals surface area contributed by atoms with Crippen molar-refractivity contribution in [3.63, 3.8) is 0 Å². The van der Waals surface area contributed by atoms with Crippen LogP contribution in [0.4, 0.5) is 18.9 Å². The standard InChI is InChI=1S/C26H24F3N5O2/c1-36-21-13-9-18(10-14-21)16-34-23(30)22(25(35)33-34)24(32-20-5-3-2-4-6-20)31-15-17-7-11-19(12-8-17)26(27,28)29/h2-14,30-32H,15-16H2,1H3,(H,33,35)/b24-22-,30-23?. The van der Waals surface area contributed by atoms with Gasteiger partial charge in [-0.15, -0.1) is 0 Å². The second-order valence-corrected chi connectivity index (χ2v) is 8.01. The van der Waals surface area contributed by atoms with Gasteiger partial charge >= 0.3 is 6.18 Å². The second-order valence-electron chi connectivity index (χ2n) is 8.01. The number of hydrogen-bond acceptors (Lipinski definition) is 5. The lowest BCUT2D eigenvalue weighted by atomic mass is 10.1. The Morgan fingerprint density at radius 2 is 1.61 bits per heavy atom. The van der Waals surface area contributed by atoms with Gasteiger partial charge in [0.15, 0.2) is 5.84 Å². The van der Waals surface area contributed by atoms with E-state index in [1.54, 1.807) is 31.4 Å². The van der Waals surface area contributed by atoms with Crippen molar-refractivity contribution < 1.29 is 22.7 Å². The fourth-order valence-corrected chi connectivity index (χ4v) is 3.60. The predicted molar refractivity (Wildman–Crippen MR) is 130 cm³/mol. The third-order valence-corrected chi connectivity index (χ3v) is 5.51. The van der Waals surface area contributed by atoms with Crippen molar-refractivity contribution in [2.75, 3.05) is 12.4 Å². The van der Waals surface area contributed by atoms with Gasteiger partial charge < -0.3 is 15.4 Å². The number of rotatable bonds is 8. The van der Waals surface area contributed by atoms with Crippen LogP contribution in [-0.2, 0) is 24.1 Å². The highest BCUT2D eigenvalue weighted by molar-refractivity contribution is 6.24. The molecule has 1 saturated heterocycles. The van der Waals surface area contributed by atoms with Gasteiger partial charge in [0.2, 0.25) is 0 Å². The summed E-state index contributed by atoms with van der Waals surface area (Å²) in [5.41, 5.74) is 4.15. The normalized spacial score (nSPS) is 14.9. The number of nitrogens with zero attached hydrogens (tertiary/aromatic N) is 1. The number of ether oxygens (including phenoxy) is 1. The number of anilines is 1. The van der Waals surface area contributed by atoms with E-state index in [1.165, 1.54) is 17.1 Å². The lowest BCUT2D eigenvalue weighted by Crippen LogP contribution is -2.34. The van der Waals surface area contributed by atoms with Gasteiger partial charge in [-0.2, -0.15) is 13.2 Å². The maximum absolute atomic E-state index is 12.9. The molecule has 3 aromatic rings. The molecule has 1 amide bonds. The zero-order chi connectivity index (χ0) is 25.7. The monoisotopic (exact) mass is 495 g/mol. The number of nitrogens with one attached hydrogen (secondary N) is 4. The number of hydrogen-bond donors (Lipinski definition) is 4. The van der Waals surface area contributed by atoms with Gasteiger partial charge in [0.1, 0.15) is 17.1 Å². The molecule has 0 bridgehead atoms.